The van der Waals surface area contributed by atoms with Crippen molar-refractivity contribution in [2.75, 3.05) is 19.5 Å². The highest BCUT2D eigenvalue weighted by molar-refractivity contribution is 7.98. The summed E-state index contributed by atoms with van der Waals surface area (Å²) in [6.45, 7) is 1.14. The van der Waals surface area contributed by atoms with Crippen LogP contribution in [0.15, 0.2) is 23.1 Å². The topological polar surface area (TPSA) is 81.7 Å². The van der Waals surface area contributed by atoms with Crippen molar-refractivity contribution in [3.8, 4) is 0 Å². The monoisotopic (exact) mass is 331 g/mol. The third kappa shape index (κ3) is 5.65. The predicted octanol–water partition coefficient (Wildman–Crippen LogP) is 2.49. The normalized spacial score (nSPS) is 9.86. The number of rotatable bonds is 5. The highest BCUT2D eigenvalue weighted by Gasteiger charge is 2.15. The molecule has 0 bridgehead atoms. The largest absolute Gasteiger partial charge is 0.452 e. The van der Waals surface area contributed by atoms with E-state index >= 15 is 0 Å². The predicted molar refractivity (Wildman–Crippen MR) is 78.7 cm³/mol. The maximum absolute atomic E-state index is 11.8. The second-order valence-electron chi connectivity index (χ2n) is 3.69. The van der Waals surface area contributed by atoms with Gasteiger partial charge in [0.05, 0.1) is 17.2 Å². The number of amides is 2. The molecule has 1 rings (SSSR count). The van der Waals surface area contributed by atoms with Crippen LogP contribution in [0, 0.1) is 0 Å². The lowest BCUT2D eigenvalue weighted by molar-refractivity contribution is -0.123. The molecule has 0 atom stereocenters. The molecule has 21 heavy (non-hydrogen) atoms. The Morgan fingerprint density at radius 1 is 1.29 bits per heavy atom. The number of nitrogens with one attached hydrogen (secondary N) is 1. The van der Waals surface area contributed by atoms with Gasteiger partial charge in [-0.05, 0) is 31.4 Å². The minimum Gasteiger partial charge on any atom is -0.452 e. The summed E-state index contributed by atoms with van der Waals surface area (Å²) in [7, 11) is 0. The van der Waals surface area contributed by atoms with E-state index in [-0.39, 0.29) is 17.2 Å². The Morgan fingerprint density at radius 3 is 2.62 bits per heavy atom. The molecular formula is C13H14ClNO5S. The maximum Gasteiger partial charge on any atom is 0.413 e. The van der Waals surface area contributed by atoms with E-state index in [9.17, 15) is 14.4 Å². The van der Waals surface area contributed by atoms with Crippen molar-refractivity contribution in [1.82, 2.24) is 5.32 Å². The Morgan fingerprint density at radius 2 is 2.00 bits per heavy atom. The minimum atomic E-state index is -0.888. The van der Waals surface area contributed by atoms with Gasteiger partial charge in [0.15, 0.2) is 6.61 Å². The molecule has 1 aromatic rings. The van der Waals surface area contributed by atoms with Crippen LogP contribution in [0.1, 0.15) is 17.3 Å². The maximum atomic E-state index is 11.8. The minimum absolute atomic E-state index is 0.135. The number of esters is 1. The summed E-state index contributed by atoms with van der Waals surface area (Å²) in [5.41, 5.74) is 0.160. The number of imide groups is 1. The summed E-state index contributed by atoms with van der Waals surface area (Å²) in [5, 5.41) is 2.14. The van der Waals surface area contributed by atoms with E-state index < -0.39 is 24.6 Å². The number of alkyl carbamates (subject to hydrolysis) is 1. The third-order valence-electron chi connectivity index (χ3n) is 2.24. The highest BCUT2D eigenvalue weighted by Crippen LogP contribution is 2.23. The van der Waals surface area contributed by atoms with E-state index in [0.717, 1.165) is 4.90 Å². The van der Waals surface area contributed by atoms with Crippen LogP contribution in [0.3, 0.4) is 0 Å². The summed E-state index contributed by atoms with van der Waals surface area (Å²) < 4.78 is 9.31. The number of ether oxygens (including phenoxy) is 2. The van der Waals surface area contributed by atoms with Crippen LogP contribution in [0.2, 0.25) is 5.02 Å². The van der Waals surface area contributed by atoms with Gasteiger partial charge < -0.3 is 9.47 Å². The molecule has 1 N–H and O–H groups in total. The lowest BCUT2D eigenvalue weighted by Gasteiger charge is -2.07. The summed E-state index contributed by atoms with van der Waals surface area (Å²) in [4.78, 5) is 35.0. The van der Waals surface area contributed by atoms with Crippen LogP contribution in [-0.2, 0) is 14.3 Å². The van der Waals surface area contributed by atoms with Crippen molar-refractivity contribution in [2.45, 2.75) is 11.8 Å². The highest BCUT2D eigenvalue weighted by atomic mass is 35.5. The lowest BCUT2D eigenvalue weighted by Crippen LogP contribution is -2.34. The second kappa shape index (κ2) is 8.53. The Labute approximate surface area is 131 Å². The molecule has 0 unspecified atom stereocenters. The lowest BCUT2D eigenvalue weighted by atomic mass is 10.2. The first kappa shape index (κ1) is 17.3. The van der Waals surface area contributed by atoms with Crippen LogP contribution >= 0.6 is 23.4 Å². The smallest absolute Gasteiger partial charge is 0.413 e. The Kier molecular flexibility index (Phi) is 7.04. The standard InChI is InChI=1S/C13H14ClNO5S/c1-3-19-13(18)15-11(16)7-20-12(17)9-6-8(21-2)4-5-10(9)14/h4-6H,3,7H2,1-2H3,(H,15,16,18). The number of hydrogen-bond acceptors (Lipinski definition) is 6. The number of benzene rings is 1. The van der Waals surface area contributed by atoms with Gasteiger partial charge in [-0.25, -0.2) is 9.59 Å². The van der Waals surface area contributed by atoms with Gasteiger partial charge in [-0.15, -0.1) is 11.8 Å². The van der Waals surface area contributed by atoms with Gasteiger partial charge in [-0.1, -0.05) is 11.6 Å². The van der Waals surface area contributed by atoms with Gasteiger partial charge in [0.1, 0.15) is 0 Å². The Balaban J connectivity index is 2.58. The molecule has 0 aliphatic rings. The SMILES string of the molecule is CCOC(=O)NC(=O)COC(=O)c1cc(SC)ccc1Cl. The van der Waals surface area contributed by atoms with Crippen molar-refractivity contribution < 1.29 is 23.9 Å². The van der Waals surface area contributed by atoms with Crippen molar-refractivity contribution in [3.63, 3.8) is 0 Å². The van der Waals surface area contributed by atoms with Crippen LogP contribution < -0.4 is 5.32 Å². The van der Waals surface area contributed by atoms with Crippen LogP contribution in [-0.4, -0.2) is 37.4 Å². The number of carbonyl (C=O) groups excluding carboxylic acids is 3. The van der Waals surface area contributed by atoms with Crippen molar-refractivity contribution in [1.29, 1.82) is 0 Å². The van der Waals surface area contributed by atoms with Crippen LogP contribution in [0.5, 0.6) is 0 Å². The van der Waals surface area contributed by atoms with Crippen LogP contribution in [0.4, 0.5) is 4.79 Å². The first-order valence-electron chi connectivity index (χ1n) is 5.95. The molecule has 0 heterocycles. The molecule has 0 aliphatic heterocycles. The molecule has 114 valence electrons. The van der Waals surface area contributed by atoms with Gasteiger partial charge >= 0.3 is 12.1 Å². The molecule has 0 saturated carbocycles. The molecule has 0 saturated heterocycles. The summed E-state index contributed by atoms with van der Waals surface area (Å²) in [6, 6.07) is 4.90. The second-order valence-corrected chi connectivity index (χ2v) is 4.98. The van der Waals surface area contributed by atoms with Crippen molar-refractivity contribution in [2.24, 2.45) is 0 Å². The number of halogens is 1. The van der Waals surface area contributed by atoms with E-state index in [1.54, 1.807) is 25.1 Å². The van der Waals surface area contributed by atoms with Gasteiger partial charge in [-0.3, -0.25) is 10.1 Å². The number of hydrogen-bond donors (Lipinski definition) is 1. The van der Waals surface area contributed by atoms with Gasteiger partial charge in [0.25, 0.3) is 5.91 Å². The Hall–Kier alpha value is -1.73. The molecule has 6 nitrogen and oxygen atoms in total. The third-order valence-corrected chi connectivity index (χ3v) is 3.30. The fraction of sp³-hybridized carbons (Fsp3) is 0.308. The molecule has 0 fully saturated rings. The van der Waals surface area contributed by atoms with E-state index in [1.807, 2.05) is 11.6 Å². The molecular weight excluding hydrogens is 318 g/mol. The number of thioether (sulfide) groups is 1. The summed E-state index contributed by atoms with van der Waals surface area (Å²) in [5.74, 6) is -1.52. The zero-order chi connectivity index (χ0) is 15.8. The Bertz CT molecular complexity index is 549. The quantitative estimate of drug-likeness (QED) is 0.659. The fourth-order valence-electron chi connectivity index (χ4n) is 1.31. The van der Waals surface area contributed by atoms with E-state index in [4.69, 9.17) is 16.3 Å². The number of carbonyl (C=O) groups is 3. The zero-order valence-electron chi connectivity index (χ0n) is 11.5. The first-order valence-corrected chi connectivity index (χ1v) is 7.55. The molecule has 2 amide bonds. The molecule has 0 radical (unpaired) electrons. The van der Waals surface area contributed by atoms with E-state index in [2.05, 4.69) is 4.74 Å². The van der Waals surface area contributed by atoms with Crippen molar-refractivity contribution >= 4 is 41.3 Å². The molecule has 0 spiro atoms. The first-order chi connectivity index (χ1) is 9.97. The molecule has 8 heteroatoms. The molecule has 1 aromatic carbocycles. The van der Waals surface area contributed by atoms with Gasteiger partial charge in [-0.2, -0.15) is 0 Å². The molecule has 0 aliphatic carbocycles. The summed E-state index contributed by atoms with van der Waals surface area (Å²) in [6.07, 6.45) is 0.964. The summed E-state index contributed by atoms with van der Waals surface area (Å²) >= 11 is 7.34. The van der Waals surface area contributed by atoms with E-state index in [0.29, 0.717) is 0 Å². The fourth-order valence-corrected chi connectivity index (χ4v) is 1.95. The van der Waals surface area contributed by atoms with Gasteiger partial charge in [0, 0.05) is 4.90 Å². The van der Waals surface area contributed by atoms with E-state index in [1.165, 1.54) is 11.8 Å². The average Bonchev–Trinajstić information content (AvgIpc) is 2.45. The van der Waals surface area contributed by atoms with Gasteiger partial charge in [0.2, 0.25) is 0 Å². The zero-order valence-corrected chi connectivity index (χ0v) is 13.0. The van der Waals surface area contributed by atoms with Crippen molar-refractivity contribution in [3.05, 3.63) is 28.8 Å². The average molecular weight is 332 g/mol. The van der Waals surface area contributed by atoms with Crippen LogP contribution in [0.25, 0.3) is 0 Å². The molecule has 0 aromatic heterocycles.